The number of rotatable bonds is 5. The van der Waals surface area contributed by atoms with E-state index in [1.807, 2.05) is 44.2 Å². The van der Waals surface area contributed by atoms with Crippen LogP contribution < -0.4 is 5.56 Å². The summed E-state index contributed by atoms with van der Waals surface area (Å²) in [6.45, 7) is 4.69. The van der Waals surface area contributed by atoms with E-state index in [4.69, 9.17) is 0 Å². The summed E-state index contributed by atoms with van der Waals surface area (Å²) < 4.78 is 0. The summed E-state index contributed by atoms with van der Waals surface area (Å²) in [6, 6.07) is 15.1. The number of para-hydroxylation sites is 1. The fourth-order valence-corrected chi connectivity index (χ4v) is 2.78. The number of aryl methyl sites for hydroxylation is 1. The van der Waals surface area contributed by atoms with E-state index in [1.165, 1.54) is 0 Å². The minimum atomic E-state index is -0.190. The molecule has 0 aliphatic heterocycles. The lowest BCUT2D eigenvalue weighted by atomic mass is 10.1. The molecule has 132 valence electrons. The van der Waals surface area contributed by atoms with Gasteiger partial charge in [-0.15, -0.1) is 0 Å². The number of amides is 1. The monoisotopic (exact) mass is 347 g/mol. The largest absolute Gasteiger partial charge is 0.332 e. The van der Waals surface area contributed by atoms with Crippen molar-refractivity contribution in [1.29, 1.82) is 0 Å². The van der Waals surface area contributed by atoms with Gasteiger partial charge in [-0.3, -0.25) is 9.59 Å². The van der Waals surface area contributed by atoms with Crippen LogP contribution in [0.2, 0.25) is 0 Å². The zero-order valence-corrected chi connectivity index (χ0v) is 14.9. The van der Waals surface area contributed by atoms with Crippen molar-refractivity contribution in [2.24, 2.45) is 0 Å². The van der Waals surface area contributed by atoms with Gasteiger partial charge >= 0.3 is 0 Å². The average molecular weight is 347 g/mol. The molecule has 0 bridgehead atoms. The molecule has 0 radical (unpaired) electrons. The van der Waals surface area contributed by atoms with Gasteiger partial charge in [-0.05, 0) is 37.6 Å². The maximum absolute atomic E-state index is 12.5. The summed E-state index contributed by atoms with van der Waals surface area (Å²) in [6.07, 6.45) is 3.35. The first-order valence-corrected chi connectivity index (χ1v) is 8.58. The van der Waals surface area contributed by atoms with Crippen LogP contribution in [0, 0.1) is 6.92 Å². The number of nitrogens with zero attached hydrogens (tertiary/aromatic N) is 2. The molecule has 5 heteroatoms. The van der Waals surface area contributed by atoms with Gasteiger partial charge in [0.2, 0.25) is 5.91 Å². The molecule has 26 heavy (non-hydrogen) atoms. The number of likely N-dealkylation sites (N-methyl/N-ethyl adjacent to an activating group) is 1. The Morgan fingerprint density at radius 1 is 1.19 bits per heavy atom. The average Bonchev–Trinajstić information content (AvgIpc) is 2.64. The van der Waals surface area contributed by atoms with E-state index in [1.54, 1.807) is 35.3 Å². The van der Waals surface area contributed by atoms with Crippen molar-refractivity contribution < 1.29 is 4.79 Å². The third-order valence-electron chi connectivity index (χ3n) is 4.16. The molecule has 0 saturated heterocycles. The van der Waals surface area contributed by atoms with E-state index < -0.39 is 0 Å². The summed E-state index contributed by atoms with van der Waals surface area (Å²) in [5, 5.41) is 0.546. The second kappa shape index (κ2) is 7.78. The topological polar surface area (TPSA) is 66.1 Å². The second-order valence-electron chi connectivity index (χ2n) is 6.13. The van der Waals surface area contributed by atoms with Gasteiger partial charge < -0.3 is 9.88 Å². The lowest BCUT2D eigenvalue weighted by Crippen LogP contribution is -2.30. The minimum absolute atomic E-state index is 0.121. The van der Waals surface area contributed by atoms with Gasteiger partial charge in [0.15, 0.2) is 0 Å². The summed E-state index contributed by atoms with van der Waals surface area (Å²) >= 11 is 0. The highest BCUT2D eigenvalue weighted by molar-refractivity contribution is 5.91. The smallest absolute Gasteiger partial charge is 0.258 e. The molecule has 3 rings (SSSR count). The van der Waals surface area contributed by atoms with Crippen LogP contribution in [-0.4, -0.2) is 27.3 Å². The Morgan fingerprint density at radius 3 is 2.77 bits per heavy atom. The van der Waals surface area contributed by atoms with Gasteiger partial charge in [0, 0.05) is 12.6 Å². The maximum atomic E-state index is 12.5. The van der Waals surface area contributed by atoms with Gasteiger partial charge in [0.1, 0.15) is 5.82 Å². The number of carbonyl (C=O) groups is 1. The summed E-state index contributed by atoms with van der Waals surface area (Å²) in [5.74, 6) is 0.359. The second-order valence-corrected chi connectivity index (χ2v) is 6.13. The van der Waals surface area contributed by atoms with Gasteiger partial charge in [-0.1, -0.05) is 42.0 Å². The standard InChI is InChI=1S/C21H21N3O2/c1-3-24(20(25)12-11-16-8-6-7-15(2)13-16)14-19-22-18-10-5-4-9-17(18)21(26)23-19/h4-13H,3,14H2,1-2H3,(H,22,23,26)/b12-11+. The molecular weight excluding hydrogens is 326 g/mol. The molecule has 3 aromatic rings. The number of hydrogen-bond donors (Lipinski definition) is 1. The number of nitrogens with one attached hydrogen (secondary N) is 1. The fourth-order valence-electron chi connectivity index (χ4n) is 2.78. The van der Waals surface area contributed by atoms with Crippen LogP contribution in [0.15, 0.2) is 59.4 Å². The molecule has 2 aromatic carbocycles. The Bertz CT molecular complexity index is 1020. The lowest BCUT2D eigenvalue weighted by molar-refractivity contribution is -0.126. The Labute approximate surface area is 152 Å². The first-order chi connectivity index (χ1) is 12.6. The van der Waals surface area contributed by atoms with Crippen LogP contribution in [0.1, 0.15) is 23.9 Å². The quantitative estimate of drug-likeness (QED) is 0.720. The van der Waals surface area contributed by atoms with Crippen LogP contribution in [-0.2, 0) is 11.3 Å². The van der Waals surface area contributed by atoms with Crippen molar-refractivity contribution in [2.75, 3.05) is 6.54 Å². The normalized spacial score (nSPS) is 11.2. The molecule has 0 spiro atoms. The molecule has 0 aliphatic carbocycles. The Morgan fingerprint density at radius 2 is 2.00 bits per heavy atom. The summed E-state index contributed by atoms with van der Waals surface area (Å²) in [7, 11) is 0. The molecule has 0 fully saturated rings. The molecule has 5 nitrogen and oxygen atoms in total. The number of H-pyrrole nitrogens is 1. The Hall–Kier alpha value is -3.21. The predicted molar refractivity (Wildman–Crippen MR) is 104 cm³/mol. The molecule has 0 atom stereocenters. The van der Waals surface area contributed by atoms with Crippen molar-refractivity contribution in [2.45, 2.75) is 20.4 Å². The lowest BCUT2D eigenvalue weighted by Gasteiger charge is -2.18. The highest BCUT2D eigenvalue weighted by atomic mass is 16.2. The molecular formula is C21H21N3O2. The number of aromatic amines is 1. The summed E-state index contributed by atoms with van der Waals surface area (Å²) in [5.41, 5.74) is 2.56. The number of fused-ring (bicyclic) bond motifs is 1. The third-order valence-corrected chi connectivity index (χ3v) is 4.16. The third kappa shape index (κ3) is 4.06. The number of hydrogen-bond acceptors (Lipinski definition) is 3. The zero-order valence-electron chi connectivity index (χ0n) is 14.9. The van der Waals surface area contributed by atoms with Crippen LogP contribution in [0.3, 0.4) is 0 Å². The molecule has 1 heterocycles. The van der Waals surface area contributed by atoms with Gasteiger partial charge in [0.25, 0.3) is 5.56 Å². The van der Waals surface area contributed by atoms with Crippen molar-refractivity contribution in [3.63, 3.8) is 0 Å². The fraction of sp³-hybridized carbons (Fsp3) is 0.190. The van der Waals surface area contributed by atoms with E-state index in [2.05, 4.69) is 9.97 Å². The molecule has 0 aliphatic rings. The van der Waals surface area contributed by atoms with Crippen molar-refractivity contribution in [1.82, 2.24) is 14.9 Å². The molecule has 0 unspecified atom stereocenters. The highest BCUT2D eigenvalue weighted by Gasteiger charge is 2.12. The number of benzene rings is 2. The van der Waals surface area contributed by atoms with E-state index in [-0.39, 0.29) is 18.0 Å². The Balaban J connectivity index is 1.78. The van der Waals surface area contributed by atoms with Gasteiger partial charge in [0.05, 0.1) is 17.4 Å². The van der Waals surface area contributed by atoms with Crippen LogP contribution >= 0.6 is 0 Å². The molecule has 0 saturated carbocycles. The number of carbonyl (C=O) groups excluding carboxylic acids is 1. The van der Waals surface area contributed by atoms with Gasteiger partial charge in [-0.2, -0.15) is 0 Å². The van der Waals surface area contributed by atoms with E-state index >= 15 is 0 Å². The minimum Gasteiger partial charge on any atom is -0.332 e. The molecule has 1 amide bonds. The van der Waals surface area contributed by atoms with Crippen molar-refractivity contribution in [3.8, 4) is 0 Å². The van der Waals surface area contributed by atoms with Crippen LogP contribution in [0.25, 0.3) is 17.0 Å². The zero-order chi connectivity index (χ0) is 18.5. The maximum Gasteiger partial charge on any atom is 0.258 e. The summed E-state index contributed by atoms with van der Waals surface area (Å²) in [4.78, 5) is 33.5. The highest BCUT2D eigenvalue weighted by Crippen LogP contribution is 2.09. The van der Waals surface area contributed by atoms with Crippen LogP contribution in [0.5, 0.6) is 0 Å². The molecule has 1 N–H and O–H groups in total. The molecule has 1 aromatic heterocycles. The predicted octanol–water partition coefficient (Wildman–Crippen LogP) is 3.29. The Kier molecular flexibility index (Phi) is 5.27. The SMILES string of the molecule is CCN(Cc1nc2ccccc2c(=O)[nH]1)C(=O)/C=C/c1cccc(C)c1. The first kappa shape index (κ1) is 17.6. The van der Waals surface area contributed by atoms with Gasteiger partial charge in [-0.25, -0.2) is 4.98 Å². The van der Waals surface area contributed by atoms with E-state index in [0.717, 1.165) is 11.1 Å². The van der Waals surface area contributed by atoms with Crippen molar-refractivity contribution >= 4 is 22.9 Å². The van der Waals surface area contributed by atoms with E-state index in [9.17, 15) is 9.59 Å². The van der Waals surface area contributed by atoms with Crippen molar-refractivity contribution in [3.05, 3.63) is 81.9 Å². The van der Waals surface area contributed by atoms with E-state index in [0.29, 0.717) is 23.3 Å². The first-order valence-electron chi connectivity index (χ1n) is 8.58. The number of aromatic nitrogens is 2. The van der Waals surface area contributed by atoms with Crippen LogP contribution in [0.4, 0.5) is 0 Å².